The Morgan fingerprint density at radius 1 is 1.00 bits per heavy atom. The van der Waals surface area contributed by atoms with Gasteiger partial charge in [0.15, 0.2) is 0 Å². The molecule has 74 valence electrons. The van der Waals surface area contributed by atoms with E-state index in [1.165, 1.54) is 4.31 Å². The highest BCUT2D eigenvalue weighted by atomic mass is 35.5. The third-order valence-corrected chi connectivity index (χ3v) is 3.79. The Labute approximate surface area is 87.6 Å². The summed E-state index contributed by atoms with van der Waals surface area (Å²) in [5.41, 5.74) is 0. The van der Waals surface area contributed by atoms with Crippen molar-refractivity contribution in [3.05, 3.63) is 0 Å². The van der Waals surface area contributed by atoms with Crippen LogP contribution in [0.2, 0.25) is 0 Å². The summed E-state index contributed by atoms with van der Waals surface area (Å²) >= 11 is 16.0. The van der Waals surface area contributed by atoms with E-state index in [-0.39, 0.29) is 24.8 Å². The van der Waals surface area contributed by atoms with Gasteiger partial charge in [0.25, 0.3) is 0 Å². The fourth-order valence-corrected chi connectivity index (χ4v) is 2.55. The molecule has 0 aliphatic rings. The van der Waals surface area contributed by atoms with Crippen LogP contribution in [-0.2, 0) is 10.0 Å². The van der Waals surface area contributed by atoms with E-state index in [1.54, 1.807) is 0 Å². The van der Waals surface area contributed by atoms with Crippen molar-refractivity contribution in [3.63, 3.8) is 0 Å². The smallest absolute Gasteiger partial charge is 0.211 e. The van der Waals surface area contributed by atoms with Gasteiger partial charge in [-0.15, -0.1) is 34.8 Å². The molecule has 0 unspecified atom stereocenters. The molecule has 0 aliphatic heterocycles. The fourth-order valence-electron chi connectivity index (χ4n) is 0.648. The second-order valence-electron chi connectivity index (χ2n) is 2.00. The molecule has 0 saturated heterocycles. The average molecular weight is 255 g/mol. The first-order chi connectivity index (χ1) is 5.58. The van der Waals surface area contributed by atoms with E-state index in [2.05, 4.69) is 0 Å². The third-order valence-electron chi connectivity index (χ3n) is 1.20. The van der Waals surface area contributed by atoms with E-state index in [9.17, 15) is 8.42 Å². The lowest BCUT2D eigenvalue weighted by Crippen LogP contribution is -2.35. The second-order valence-corrected chi connectivity index (χ2v) is 5.31. The van der Waals surface area contributed by atoms with Crippen molar-refractivity contribution in [2.45, 2.75) is 0 Å². The first kappa shape index (κ1) is 12.8. The van der Waals surface area contributed by atoms with Crippen molar-refractivity contribution in [2.75, 3.05) is 30.1 Å². The van der Waals surface area contributed by atoms with Gasteiger partial charge in [0.2, 0.25) is 10.0 Å². The molecule has 0 saturated carbocycles. The lowest BCUT2D eigenvalue weighted by Gasteiger charge is -2.17. The molecule has 0 spiro atoms. The third kappa shape index (κ3) is 4.14. The highest BCUT2D eigenvalue weighted by Gasteiger charge is 2.18. The lowest BCUT2D eigenvalue weighted by atomic mass is 10.7. The molecule has 0 amide bonds. The Hall–Kier alpha value is 0.780. The molecule has 12 heavy (non-hydrogen) atoms. The number of rotatable bonds is 6. The SMILES string of the molecule is O=S(=O)(CCl)N(CCCl)CCCl. The van der Waals surface area contributed by atoms with Crippen molar-refractivity contribution in [1.82, 2.24) is 4.31 Å². The predicted octanol–water partition coefficient (Wildman–Crippen LogP) is 1.29. The molecule has 0 fully saturated rings. The fraction of sp³-hybridized carbons (Fsp3) is 1.00. The van der Waals surface area contributed by atoms with Gasteiger partial charge in [-0.3, -0.25) is 0 Å². The van der Waals surface area contributed by atoms with E-state index in [0.717, 1.165) is 0 Å². The van der Waals surface area contributed by atoms with Crippen LogP contribution in [0.15, 0.2) is 0 Å². The number of sulfonamides is 1. The van der Waals surface area contributed by atoms with Crippen LogP contribution in [0.4, 0.5) is 0 Å². The normalized spacial score (nSPS) is 12.3. The zero-order chi connectivity index (χ0) is 9.61. The number of hydrogen-bond donors (Lipinski definition) is 0. The Morgan fingerprint density at radius 2 is 1.42 bits per heavy atom. The van der Waals surface area contributed by atoms with Crippen LogP contribution in [0.1, 0.15) is 0 Å². The summed E-state index contributed by atoms with van der Waals surface area (Å²) in [5, 5.41) is -0.430. The van der Waals surface area contributed by atoms with Crippen LogP contribution >= 0.6 is 34.8 Å². The van der Waals surface area contributed by atoms with Gasteiger partial charge in [-0.05, 0) is 0 Å². The molecule has 3 nitrogen and oxygen atoms in total. The van der Waals surface area contributed by atoms with Gasteiger partial charge < -0.3 is 0 Å². The van der Waals surface area contributed by atoms with Crippen LogP contribution in [0, 0.1) is 0 Å². The molecular formula is C5H10Cl3NO2S. The summed E-state index contributed by atoms with van der Waals surface area (Å²) in [4.78, 5) is 0. The Kier molecular flexibility index (Phi) is 6.67. The topological polar surface area (TPSA) is 37.4 Å². The Morgan fingerprint density at radius 3 is 1.67 bits per heavy atom. The number of nitrogens with zero attached hydrogens (tertiary/aromatic N) is 1. The molecule has 0 atom stereocenters. The monoisotopic (exact) mass is 253 g/mol. The number of alkyl halides is 3. The van der Waals surface area contributed by atoms with Crippen LogP contribution < -0.4 is 0 Å². The summed E-state index contributed by atoms with van der Waals surface area (Å²) in [6.07, 6.45) is 0. The average Bonchev–Trinajstić information content (AvgIpc) is 2.04. The van der Waals surface area contributed by atoms with E-state index in [0.29, 0.717) is 0 Å². The summed E-state index contributed by atoms with van der Waals surface area (Å²) in [7, 11) is -3.35. The minimum Gasteiger partial charge on any atom is -0.211 e. The van der Waals surface area contributed by atoms with Crippen molar-refractivity contribution in [3.8, 4) is 0 Å². The van der Waals surface area contributed by atoms with E-state index in [1.807, 2.05) is 0 Å². The first-order valence-electron chi connectivity index (χ1n) is 3.24. The van der Waals surface area contributed by atoms with Crippen LogP contribution in [-0.4, -0.2) is 42.8 Å². The summed E-state index contributed by atoms with van der Waals surface area (Å²) < 4.78 is 23.5. The minimum atomic E-state index is -3.35. The summed E-state index contributed by atoms with van der Waals surface area (Å²) in [6.45, 7) is 0.507. The largest absolute Gasteiger partial charge is 0.228 e. The van der Waals surface area contributed by atoms with Gasteiger partial charge in [-0.2, -0.15) is 4.31 Å². The highest BCUT2D eigenvalue weighted by molar-refractivity contribution is 7.90. The maximum Gasteiger partial charge on any atom is 0.228 e. The Bertz CT molecular complexity index is 201. The van der Waals surface area contributed by atoms with Crippen LogP contribution in [0.25, 0.3) is 0 Å². The molecule has 0 N–H and O–H groups in total. The maximum absolute atomic E-state index is 11.2. The van der Waals surface area contributed by atoms with Crippen LogP contribution in [0.3, 0.4) is 0 Å². The van der Waals surface area contributed by atoms with E-state index < -0.39 is 15.2 Å². The molecule has 0 radical (unpaired) electrons. The van der Waals surface area contributed by atoms with Gasteiger partial charge in [0.1, 0.15) is 5.21 Å². The molecule has 0 aromatic heterocycles. The minimum absolute atomic E-state index is 0.243. The molecule has 0 rings (SSSR count). The van der Waals surface area contributed by atoms with Crippen LogP contribution in [0.5, 0.6) is 0 Å². The van der Waals surface area contributed by atoms with Gasteiger partial charge in [0.05, 0.1) is 0 Å². The molecule has 0 heterocycles. The zero-order valence-electron chi connectivity index (χ0n) is 6.34. The standard InChI is InChI=1S/C5H10Cl3NO2S/c6-1-3-9(4-2-7)12(10,11)5-8/h1-5H2. The zero-order valence-corrected chi connectivity index (χ0v) is 9.43. The van der Waals surface area contributed by atoms with E-state index in [4.69, 9.17) is 34.8 Å². The second kappa shape index (κ2) is 6.27. The molecular weight excluding hydrogens is 244 g/mol. The maximum atomic E-state index is 11.2. The molecule has 7 heteroatoms. The molecule has 0 aromatic rings. The summed E-state index contributed by atoms with van der Waals surface area (Å²) in [5.74, 6) is 0.486. The lowest BCUT2D eigenvalue weighted by molar-refractivity contribution is 0.452. The molecule has 0 aliphatic carbocycles. The van der Waals surface area contributed by atoms with Gasteiger partial charge in [0, 0.05) is 24.8 Å². The quantitative estimate of drug-likeness (QED) is 0.670. The van der Waals surface area contributed by atoms with Crippen molar-refractivity contribution < 1.29 is 8.42 Å². The van der Waals surface area contributed by atoms with Gasteiger partial charge in [-0.1, -0.05) is 0 Å². The first-order valence-corrected chi connectivity index (χ1v) is 6.45. The summed E-state index contributed by atoms with van der Waals surface area (Å²) in [6, 6.07) is 0. The molecule has 0 bridgehead atoms. The molecule has 0 aromatic carbocycles. The van der Waals surface area contributed by atoms with Crippen molar-refractivity contribution >= 4 is 44.8 Å². The van der Waals surface area contributed by atoms with Gasteiger partial charge >= 0.3 is 0 Å². The highest BCUT2D eigenvalue weighted by Crippen LogP contribution is 2.04. The van der Waals surface area contributed by atoms with Gasteiger partial charge in [-0.25, -0.2) is 8.42 Å². The Balaban J connectivity index is 4.28. The van der Waals surface area contributed by atoms with Crippen molar-refractivity contribution in [1.29, 1.82) is 0 Å². The van der Waals surface area contributed by atoms with E-state index >= 15 is 0 Å². The number of halogens is 3. The predicted molar refractivity (Wildman–Crippen MR) is 52.7 cm³/mol. The number of hydrogen-bond acceptors (Lipinski definition) is 2. The van der Waals surface area contributed by atoms with Crippen molar-refractivity contribution in [2.24, 2.45) is 0 Å².